The molecule has 2 aromatic heterocycles. The topological polar surface area (TPSA) is 74.8 Å². The number of nitrogens with zero attached hydrogens (tertiary/aromatic N) is 1. The first-order chi connectivity index (χ1) is 9.72. The van der Waals surface area contributed by atoms with Gasteiger partial charge < -0.3 is 10.3 Å². The van der Waals surface area contributed by atoms with E-state index in [0.717, 1.165) is 10.9 Å². The highest BCUT2D eigenvalue weighted by atomic mass is 16.2. The fourth-order valence-corrected chi connectivity index (χ4v) is 1.88. The first-order valence-corrected chi connectivity index (χ1v) is 6.08. The molecule has 2 heterocycles. The molecule has 1 amide bonds. The monoisotopic (exact) mass is 265 g/mol. The number of benzene rings is 1. The number of aromatic nitrogens is 2. The summed E-state index contributed by atoms with van der Waals surface area (Å²) < 4.78 is 0. The minimum absolute atomic E-state index is 0.245. The van der Waals surface area contributed by atoms with Crippen LogP contribution in [0.1, 0.15) is 10.4 Å². The van der Waals surface area contributed by atoms with E-state index in [9.17, 15) is 9.59 Å². The lowest BCUT2D eigenvalue weighted by atomic mass is 10.2. The number of aromatic amines is 1. The zero-order valence-electron chi connectivity index (χ0n) is 10.5. The molecule has 0 aliphatic carbocycles. The number of anilines is 1. The van der Waals surface area contributed by atoms with E-state index >= 15 is 0 Å². The van der Waals surface area contributed by atoms with Crippen LogP contribution < -0.4 is 10.9 Å². The van der Waals surface area contributed by atoms with Crippen molar-refractivity contribution in [2.24, 2.45) is 0 Å². The largest absolute Gasteiger partial charge is 0.328 e. The quantitative estimate of drug-likeness (QED) is 0.745. The second-order valence-corrected chi connectivity index (χ2v) is 4.28. The Morgan fingerprint density at radius 3 is 2.70 bits per heavy atom. The number of carbonyl (C=O) groups is 1. The van der Waals surface area contributed by atoms with Crippen LogP contribution in [0.4, 0.5) is 5.82 Å². The van der Waals surface area contributed by atoms with Gasteiger partial charge >= 0.3 is 0 Å². The number of H-pyrrole nitrogens is 1. The number of carbonyl (C=O) groups excluding carboxylic acids is 1. The Bertz CT molecular complexity index is 819. The third-order valence-electron chi connectivity index (χ3n) is 2.89. The minimum atomic E-state index is -0.316. The third kappa shape index (κ3) is 2.42. The van der Waals surface area contributed by atoms with E-state index in [4.69, 9.17) is 0 Å². The average Bonchev–Trinajstić information content (AvgIpc) is 2.48. The van der Waals surface area contributed by atoms with Crippen molar-refractivity contribution in [3.05, 3.63) is 70.6 Å². The summed E-state index contributed by atoms with van der Waals surface area (Å²) in [6.45, 7) is 0. The van der Waals surface area contributed by atoms with E-state index in [0.29, 0.717) is 11.4 Å². The summed E-state index contributed by atoms with van der Waals surface area (Å²) >= 11 is 0. The number of para-hydroxylation sites is 1. The standard InChI is InChI=1S/C15H11N3O2/c19-14-8-6-11(9-16-14)15(20)18-13-7-5-10-3-1-2-4-12(10)17-13/h1-9H,(H,16,19)(H,17,18,20). The molecule has 20 heavy (non-hydrogen) atoms. The van der Waals surface area contributed by atoms with Crippen LogP contribution in [-0.4, -0.2) is 15.9 Å². The van der Waals surface area contributed by atoms with E-state index in [1.54, 1.807) is 6.07 Å². The zero-order valence-corrected chi connectivity index (χ0v) is 10.5. The van der Waals surface area contributed by atoms with Gasteiger partial charge in [-0.05, 0) is 24.3 Å². The van der Waals surface area contributed by atoms with Crippen LogP contribution >= 0.6 is 0 Å². The molecule has 0 radical (unpaired) electrons. The molecule has 5 nitrogen and oxygen atoms in total. The molecule has 98 valence electrons. The molecule has 0 atom stereocenters. The van der Waals surface area contributed by atoms with Gasteiger partial charge in [0.2, 0.25) is 5.56 Å². The first-order valence-electron chi connectivity index (χ1n) is 6.08. The Kier molecular flexibility index (Phi) is 3.01. The Labute approximate surface area is 114 Å². The van der Waals surface area contributed by atoms with Crippen molar-refractivity contribution in [2.45, 2.75) is 0 Å². The van der Waals surface area contributed by atoms with Crippen LogP contribution in [0.15, 0.2) is 59.5 Å². The molecule has 0 aliphatic rings. The number of nitrogens with one attached hydrogen (secondary N) is 2. The highest BCUT2D eigenvalue weighted by molar-refractivity contribution is 6.03. The normalized spacial score (nSPS) is 10.4. The fraction of sp³-hybridized carbons (Fsp3) is 0. The first kappa shape index (κ1) is 12.1. The van der Waals surface area contributed by atoms with Crippen LogP contribution in [0, 0.1) is 0 Å². The Balaban J connectivity index is 1.87. The highest BCUT2D eigenvalue weighted by Crippen LogP contribution is 2.14. The summed E-state index contributed by atoms with van der Waals surface area (Å²) in [6, 6.07) is 14.1. The van der Waals surface area contributed by atoms with Gasteiger partial charge in [-0.3, -0.25) is 9.59 Å². The smallest absolute Gasteiger partial charge is 0.258 e. The molecule has 3 rings (SSSR count). The summed E-state index contributed by atoms with van der Waals surface area (Å²) in [4.78, 5) is 29.8. The third-order valence-corrected chi connectivity index (χ3v) is 2.89. The van der Waals surface area contributed by atoms with Gasteiger partial charge in [-0.1, -0.05) is 18.2 Å². The van der Waals surface area contributed by atoms with Gasteiger partial charge in [0.15, 0.2) is 0 Å². The average molecular weight is 265 g/mol. The van der Waals surface area contributed by atoms with Crippen LogP contribution in [0.5, 0.6) is 0 Å². The minimum Gasteiger partial charge on any atom is -0.328 e. The maximum Gasteiger partial charge on any atom is 0.258 e. The summed E-state index contributed by atoms with van der Waals surface area (Å²) in [5, 5.41) is 3.71. The van der Waals surface area contributed by atoms with Gasteiger partial charge in [0.25, 0.3) is 5.91 Å². The Morgan fingerprint density at radius 1 is 1.05 bits per heavy atom. The molecule has 0 spiro atoms. The number of pyridine rings is 2. The maximum atomic E-state index is 12.0. The van der Waals surface area contributed by atoms with Crippen LogP contribution in [0.3, 0.4) is 0 Å². The molecule has 5 heteroatoms. The van der Waals surface area contributed by atoms with Gasteiger partial charge in [0.1, 0.15) is 5.82 Å². The van der Waals surface area contributed by atoms with Gasteiger partial charge in [-0.25, -0.2) is 4.98 Å². The lowest BCUT2D eigenvalue weighted by molar-refractivity contribution is 0.102. The van der Waals surface area contributed by atoms with Crippen molar-refractivity contribution in [2.75, 3.05) is 5.32 Å². The number of hydrogen-bond acceptors (Lipinski definition) is 3. The predicted octanol–water partition coefficient (Wildman–Crippen LogP) is 2.18. The maximum absolute atomic E-state index is 12.0. The predicted molar refractivity (Wildman–Crippen MR) is 76.8 cm³/mol. The number of hydrogen-bond donors (Lipinski definition) is 2. The lowest BCUT2D eigenvalue weighted by Crippen LogP contribution is -2.15. The molecule has 0 saturated carbocycles. The Hall–Kier alpha value is -2.95. The van der Waals surface area contributed by atoms with E-state index in [2.05, 4.69) is 15.3 Å². The summed E-state index contributed by atoms with van der Waals surface area (Å²) in [7, 11) is 0. The summed E-state index contributed by atoms with van der Waals surface area (Å²) in [5.74, 6) is 0.156. The van der Waals surface area contributed by atoms with Crippen LogP contribution in [0.2, 0.25) is 0 Å². The summed E-state index contributed by atoms with van der Waals surface area (Å²) in [6.07, 6.45) is 1.37. The number of rotatable bonds is 2. The zero-order chi connectivity index (χ0) is 13.9. The molecular weight excluding hydrogens is 254 g/mol. The van der Waals surface area contributed by atoms with E-state index in [1.807, 2.05) is 30.3 Å². The second kappa shape index (κ2) is 4.97. The summed E-state index contributed by atoms with van der Waals surface area (Å²) in [5.41, 5.74) is 0.941. The number of fused-ring (bicyclic) bond motifs is 1. The van der Waals surface area contributed by atoms with Crippen LogP contribution in [-0.2, 0) is 0 Å². The molecular formula is C15H11N3O2. The van der Waals surface area contributed by atoms with Gasteiger partial charge in [0, 0.05) is 17.6 Å². The second-order valence-electron chi connectivity index (χ2n) is 4.28. The SMILES string of the molecule is O=C(Nc1ccc2ccccc2n1)c1ccc(=O)[nH]c1. The molecule has 0 aliphatic heterocycles. The van der Waals surface area contributed by atoms with Crippen LogP contribution in [0.25, 0.3) is 10.9 Å². The van der Waals surface area contributed by atoms with Crippen molar-refractivity contribution < 1.29 is 4.79 Å². The fourth-order valence-electron chi connectivity index (χ4n) is 1.88. The van der Waals surface area contributed by atoms with Gasteiger partial charge in [-0.2, -0.15) is 0 Å². The van der Waals surface area contributed by atoms with Crippen molar-refractivity contribution in [1.29, 1.82) is 0 Å². The molecule has 0 bridgehead atoms. The molecule has 0 fully saturated rings. The Morgan fingerprint density at radius 2 is 1.90 bits per heavy atom. The van der Waals surface area contributed by atoms with E-state index < -0.39 is 0 Å². The van der Waals surface area contributed by atoms with Crippen molar-refractivity contribution in [3.63, 3.8) is 0 Å². The van der Waals surface area contributed by atoms with Crippen molar-refractivity contribution in [3.8, 4) is 0 Å². The van der Waals surface area contributed by atoms with E-state index in [1.165, 1.54) is 18.3 Å². The molecule has 0 saturated heterocycles. The molecule has 3 aromatic rings. The highest BCUT2D eigenvalue weighted by Gasteiger charge is 2.07. The van der Waals surface area contributed by atoms with Gasteiger partial charge in [-0.15, -0.1) is 0 Å². The van der Waals surface area contributed by atoms with Crippen molar-refractivity contribution in [1.82, 2.24) is 9.97 Å². The van der Waals surface area contributed by atoms with Gasteiger partial charge in [0.05, 0.1) is 11.1 Å². The van der Waals surface area contributed by atoms with E-state index in [-0.39, 0.29) is 11.5 Å². The molecule has 2 N–H and O–H groups in total. The van der Waals surface area contributed by atoms with Crippen molar-refractivity contribution >= 4 is 22.6 Å². The number of amides is 1. The lowest BCUT2D eigenvalue weighted by Gasteiger charge is -2.05. The molecule has 0 unspecified atom stereocenters. The molecule has 1 aromatic carbocycles.